The highest BCUT2D eigenvalue weighted by Gasteiger charge is 2.82. The number of hydrogen-bond acceptors (Lipinski definition) is 2. The molecule has 182 valence electrons. The third-order valence-corrected chi connectivity index (χ3v) is 12.8. The van der Waals surface area contributed by atoms with Gasteiger partial charge in [0.15, 0.2) is 0 Å². The fraction of sp³-hybridized carbons (Fsp3) is 0.933. The highest BCUT2D eigenvalue weighted by molar-refractivity contribution is 5.30. The quantitative estimate of drug-likeness (QED) is 0.454. The fourth-order valence-electron chi connectivity index (χ4n) is 10.9. The lowest BCUT2D eigenvalue weighted by Crippen LogP contribution is -2.57. The van der Waals surface area contributed by atoms with E-state index in [0.717, 1.165) is 30.6 Å². The monoisotopic (exact) mass is 442 g/mol. The second-order valence-corrected chi connectivity index (χ2v) is 14.8. The summed E-state index contributed by atoms with van der Waals surface area (Å²) in [6.45, 7) is 16.4. The maximum Gasteiger partial charge on any atom is 0.0626 e. The zero-order chi connectivity index (χ0) is 23.4. The SMILES string of the molecule is CC(C=CCC(C)(C)O)C1CCC2(C)C3CCC4C(C)(C)C(O)CCC45CC35CCC12C. The number of aliphatic hydroxyl groups is 2. The molecule has 0 aromatic carbocycles. The average Bonchev–Trinajstić information content (AvgIpc) is 3.27. The summed E-state index contributed by atoms with van der Waals surface area (Å²) in [4.78, 5) is 0. The largest absolute Gasteiger partial charge is 0.393 e. The molecule has 2 spiro atoms. The van der Waals surface area contributed by atoms with Crippen molar-refractivity contribution >= 4 is 0 Å². The predicted octanol–water partition coefficient (Wildman–Crippen LogP) is 7.14. The molecule has 0 saturated heterocycles. The van der Waals surface area contributed by atoms with Crippen molar-refractivity contribution < 1.29 is 10.2 Å². The molecule has 2 heteroatoms. The first-order chi connectivity index (χ1) is 14.7. The van der Waals surface area contributed by atoms with Gasteiger partial charge in [-0.1, -0.05) is 46.8 Å². The van der Waals surface area contributed by atoms with E-state index in [4.69, 9.17) is 0 Å². The van der Waals surface area contributed by atoms with E-state index >= 15 is 0 Å². The molecule has 0 heterocycles. The van der Waals surface area contributed by atoms with E-state index in [1.165, 1.54) is 51.4 Å². The Kier molecular flexibility index (Phi) is 5.02. The number of aliphatic hydroxyl groups excluding tert-OH is 1. The summed E-state index contributed by atoms with van der Waals surface area (Å²) in [6.07, 6.45) is 17.4. The molecule has 5 fully saturated rings. The predicted molar refractivity (Wildman–Crippen MR) is 132 cm³/mol. The Bertz CT molecular complexity index is 791. The van der Waals surface area contributed by atoms with Gasteiger partial charge in [-0.25, -0.2) is 0 Å². The topological polar surface area (TPSA) is 40.5 Å². The third kappa shape index (κ3) is 2.84. The summed E-state index contributed by atoms with van der Waals surface area (Å²) in [6, 6.07) is 0. The van der Waals surface area contributed by atoms with Gasteiger partial charge in [0, 0.05) is 0 Å². The molecule has 0 amide bonds. The van der Waals surface area contributed by atoms with Gasteiger partial charge < -0.3 is 10.2 Å². The van der Waals surface area contributed by atoms with Crippen molar-refractivity contribution in [2.45, 2.75) is 124 Å². The molecule has 32 heavy (non-hydrogen) atoms. The van der Waals surface area contributed by atoms with Gasteiger partial charge in [0.1, 0.15) is 0 Å². The number of fused-ring (bicyclic) bond motifs is 2. The molecule has 2 nitrogen and oxygen atoms in total. The Morgan fingerprint density at radius 3 is 2.22 bits per heavy atom. The van der Waals surface area contributed by atoms with Gasteiger partial charge in [-0.3, -0.25) is 0 Å². The van der Waals surface area contributed by atoms with E-state index in [1.807, 2.05) is 13.8 Å². The van der Waals surface area contributed by atoms with Crippen molar-refractivity contribution in [2.24, 2.45) is 50.7 Å². The summed E-state index contributed by atoms with van der Waals surface area (Å²) in [5, 5.41) is 21.0. The second kappa shape index (κ2) is 6.87. The van der Waals surface area contributed by atoms with Gasteiger partial charge in [-0.2, -0.15) is 0 Å². The molecule has 5 aliphatic carbocycles. The van der Waals surface area contributed by atoms with E-state index in [-0.39, 0.29) is 11.5 Å². The molecular weight excluding hydrogens is 392 g/mol. The molecule has 0 radical (unpaired) electrons. The first kappa shape index (κ1) is 23.4. The lowest BCUT2D eigenvalue weighted by atomic mass is 9.42. The summed E-state index contributed by atoms with van der Waals surface area (Å²) < 4.78 is 0. The van der Waals surface area contributed by atoms with Crippen LogP contribution in [-0.4, -0.2) is 21.9 Å². The summed E-state index contributed by atoms with van der Waals surface area (Å²) in [7, 11) is 0. The summed E-state index contributed by atoms with van der Waals surface area (Å²) in [5.74, 6) is 2.96. The van der Waals surface area contributed by atoms with Crippen LogP contribution < -0.4 is 0 Å². The minimum absolute atomic E-state index is 0.0897. The normalized spacial score (nSPS) is 52.7. The fourth-order valence-corrected chi connectivity index (χ4v) is 10.9. The van der Waals surface area contributed by atoms with Crippen LogP contribution in [0.15, 0.2) is 12.2 Å². The smallest absolute Gasteiger partial charge is 0.0626 e. The van der Waals surface area contributed by atoms with Crippen molar-refractivity contribution in [3.63, 3.8) is 0 Å². The van der Waals surface area contributed by atoms with Crippen LogP contribution in [0, 0.1) is 50.7 Å². The Morgan fingerprint density at radius 1 is 0.875 bits per heavy atom. The average molecular weight is 443 g/mol. The molecule has 0 aromatic heterocycles. The molecule has 0 aliphatic heterocycles. The number of allylic oxidation sites excluding steroid dienone is 1. The first-order valence-electron chi connectivity index (χ1n) is 13.8. The van der Waals surface area contributed by atoms with Gasteiger partial charge >= 0.3 is 0 Å². The minimum atomic E-state index is -0.609. The van der Waals surface area contributed by atoms with Crippen molar-refractivity contribution in [3.8, 4) is 0 Å². The van der Waals surface area contributed by atoms with Gasteiger partial charge in [0.2, 0.25) is 0 Å². The zero-order valence-corrected chi connectivity index (χ0v) is 22.0. The Balaban J connectivity index is 1.40. The third-order valence-electron chi connectivity index (χ3n) is 12.8. The lowest BCUT2D eigenvalue weighted by Gasteiger charge is -2.63. The van der Waals surface area contributed by atoms with E-state index < -0.39 is 5.60 Å². The van der Waals surface area contributed by atoms with E-state index in [2.05, 4.69) is 46.8 Å². The lowest BCUT2D eigenvalue weighted by molar-refractivity contribution is -0.160. The molecular formula is C30H50O2. The Hall–Kier alpha value is -0.340. The van der Waals surface area contributed by atoms with Crippen LogP contribution in [0.4, 0.5) is 0 Å². The second-order valence-electron chi connectivity index (χ2n) is 14.8. The van der Waals surface area contributed by atoms with Gasteiger partial charge in [0.25, 0.3) is 0 Å². The molecule has 9 unspecified atom stereocenters. The number of hydrogen-bond donors (Lipinski definition) is 2. The number of rotatable bonds is 4. The molecule has 0 bridgehead atoms. The zero-order valence-electron chi connectivity index (χ0n) is 22.0. The van der Waals surface area contributed by atoms with Crippen molar-refractivity contribution in [1.82, 2.24) is 0 Å². The minimum Gasteiger partial charge on any atom is -0.393 e. The molecule has 0 aromatic rings. The van der Waals surface area contributed by atoms with Crippen LogP contribution in [-0.2, 0) is 0 Å². The van der Waals surface area contributed by atoms with Gasteiger partial charge in [-0.15, -0.1) is 0 Å². The summed E-state index contributed by atoms with van der Waals surface area (Å²) >= 11 is 0. The first-order valence-corrected chi connectivity index (χ1v) is 13.8. The van der Waals surface area contributed by atoms with Crippen LogP contribution in [0.3, 0.4) is 0 Å². The van der Waals surface area contributed by atoms with Crippen molar-refractivity contribution in [2.75, 3.05) is 0 Å². The Labute approximate surface area is 197 Å². The summed E-state index contributed by atoms with van der Waals surface area (Å²) in [5.41, 5.74) is 1.49. The van der Waals surface area contributed by atoms with Crippen LogP contribution in [0.2, 0.25) is 0 Å². The van der Waals surface area contributed by atoms with Crippen LogP contribution in [0.5, 0.6) is 0 Å². The van der Waals surface area contributed by atoms with E-state index in [9.17, 15) is 10.2 Å². The highest BCUT2D eigenvalue weighted by atomic mass is 16.3. The maximum atomic E-state index is 10.8. The molecule has 5 aliphatic rings. The van der Waals surface area contributed by atoms with Crippen LogP contribution in [0.25, 0.3) is 0 Å². The van der Waals surface area contributed by atoms with Crippen molar-refractivity contribution in [3.05, 3.63) is 12.2 Å². The van der Waals surface area contributed by atoms with Gasteiger partial charge in [0.05, 0.1) is 11.7 Å². The van der Waals surface area contributed by atoms with E-state index in [0.29, 0.717) is 27.6 Å². The molecule has 9 atom stereocenters. The van der Waals surface area contributed by atoms with Crippen LogP contribution >= 0.6 is 0 Å². The highest BCUT2D eigenvalue weighted by Crippen LogP contribution is 2.89. The Morgan fingerprint density at radius 2 is 1.53 bits per heavy atom. The molecule has 5 rings (SSSR count). The molecule has 2 N–H and O–H groups in total. The van der Waals surface area contributed by atoms with E-state index in [1.54, 1.807) is 0 Å². The van der Waals surface area contributed by atoms with Crippen LogP contribution in [0.1, 0.15) is 113 Å². The molecule has 5 saturated carbocycles. The van der Waals surface area contributed by atoms with Gasteiger partial charge in [-0.05, 0) is 129 Å². The standard InChI is InChI=1S/C30H50O2/c1-20(9-8-14-25(2,3)32)21-12-15-28(7)23-11-10-22-26(4,5)24(31)13-16-29(22)19-30(23,29)18-17-27(21,28)6/h8-9,20-24,31-32H,10-19H2,1-7H3. The van der Waals surface area contributed by atoms with Crippen molar-refractivity contribution in [1.29, 1.82) is 0 Å². The maximum absolute atomic E-state index is 10.8.